The van der Waals surface area contributed by atoms with Crippen molar-refractivity contribution in [3.63, 3.8) is 0 Å². The largest absolute Gasteiger partial charge is 0.508 e. The van der Waals surface area contributed by atoms with Gasteiger partial charge in [0.25, 0.3) is 0 Å². The second-order valence-electron chi connectivity index (χ2n) is 5.27. The van der Waals surface area contributed by atoms with E-state index in [4.69, 9.17) is 10.5 Å². The Labute approximate surface area is 104 Å². The third-order valence-corrected chi connectivity index (χ3v) is 2.64. The van der Waals surface area contributed by atoms with E-state index in [1.807, 2.05) is 6.07 Å². The normalized spacial score (nSPS) is 11.5. The number of ether oxygens (including phenoxy) is 1. The summed E-state index contributed by atoms with van der Waals surface area (Å²) in [6.45, 7) is 7.58. The highest BCUT2D eigenvalue weighted by Gasteiger charge is 2.18. The van der Waals surface area contributed by atoms with Gasteiger partial charge < -0.3 is 15.6 Å². The van der Waals surface area contributed by atoms with Gasteiger partial charge in [-0.25, -0.2) is 0 Å². The van der Waals surface area contributed by atoms with Crippen LogP contribution in [0.3, 0.4) is 0 Å². The Kier molecular flexibility index (Phi) is 4.82. The van der Waals surface area contributed by atoms with Crippen LogP contribution in [0.25, 0.3) is 0 Å². The molecule has 0 aliphatic rings. The highest BCUT2D eigenvalue weighted by Crippen LogP contribution is 2.33. The van der Waals surface area contributed by atoms with Crippen LogP contribution in [0.5, 0.6) is 11.5 Å². The lowest BCUT2D eigenvalue weighted by molar-refractivity contribution is 0.306. The zero-order valence-corrected chi connectivity index (χ0v) is 11.0. The van der Waals surface area contributed by atoms with Gasteiger partial charge in [-0.05, 0) is 43.0 Å². The lowest BCUT2D eigenvalue weighted by Crippen LogP contribution is -2.11. The summed E-state index contributed by atoms with van der Waals surface area (Å²) in [4.78, 5) is 0. The van der Waals surface area contributed by atoms with Crippen LogP contribution in [-0.4, -0.2) is 18.3 Å². The first-order chi connectivity index (χ1) is 7.95. The summed E-state index contributed by atoms with van der Waals surface area (Å²) in [5.41, 5.74) is 6.25. The molecule has 0 aliphatic heterocycles. The van der Waals surface area contributed by atoms with Gasteiger partial charge in [0.05, 0.1) is 6.61 Å². The maximum Gasteiger partial charge on any atom is 0.119 e. The van der Waals surface area contributed by atoms with E-state index in [1.165, 1.54) is 0 Å². The fourth-order valence-electron chi connectivity index (χ4n) is 1.64. The number of hydrogen-bond acceptors (Lipinski definition) is 3. The summed E-state index contributed by atoms with van der Waals surface area (Å²) in [5, 5.41) is 9.81. The Hall–Kier alpha value is -1.22. The Balaban J connectivity index is 2.69. The zero-order valence-electron chi connectivity index (χ0n) is 11.0. The molecule has 1 aromatic rings. The second kappa shape index (κ2) is 5.92. The predicted molar refractivity (Wildman–Crippen MR) is 70.6 cm³/mol. The minimum Gasteiger partial charge on any atom is -0.508 e. The molecule has 0 heterocycles. The highest BCUT2D eigenvalue weighted by molar-refractivity contribution is 5.43. The van der Waals surface area contributed by atoms with Gasteiger partial charge >= 0.3 is 0 Å². The molecule has 0 aliphatic carbocycles. The van der Waals surface area contributed by atoms with E-state index in [-0.39, 0.29) is 5.41 Å². The van der Waals surface area contributed by atoms with Crippen molar-refractivity contribution in [2.75, 3.05) is 13.2 Å². The average Bonchev–Trinajstić information content (AvgIpc) is 2.25. The summed E-state index contributed by atoms with van der Waals surface area (Å²) < 4.78 is 5.63. The van der Waals surface area contributed by atoms with Crippen LogP contribution in [0.15, 0.2) is 18.2 Å². The van der Waals surface area contributed by atoms with Crippen molar-refractivity contribution in [1.82, 2.24) is 0 Å². The SMILES string of the molecule is CC(C)(C)c1cc(OCCCCN)ccc1O. The minimum atomic E-state index is -0.0826. The molecule has 96 valence electrons. The molecule has 1 aromatic carbocycles. The van der Waals surface area contributed by atoms with Crippen molar-refractivity contribution >= 4 is 0 Å². The van der Waals surface area contributed by atoms with Crippen LogP contribution in [0.2, 0.25) is 0 Å². The first kappa shape index (κ1) is 13.8. The molecule has 1 rings (SSSR count). The highest BCUT2D eigenvalue weighted by atomic mass is 16.5. The fraction of sp³-hybridized carbons (Fsp3) is 0.571. The van der Waals surface area contributed by atoms with Gasteiger partial charge in [0, 0.05) is 5.56 Å². The Morgan fingerprint density at radius 1 is 1.24 bits per heavy atom. The number of benzene rings is 1. The number of rotatable bonds is 5. The Morgan fingerprint density at radius 3 is 2.53 bits per heavy atom. The second-order valence-corrected chi connectivity index (χ2v) is 5.27. The van der Waals surface area contributed by atoms with Crippen LogP contribution >= 0.6 is 0 Å². The summed E-state index contributed by atoms with van der Waals surface area (Å²) in [5.74, 6) is 1.14. The molecule has 3 nitrogen and oxygen atoms in total. The first-order valence-electron chi connectivity index (χ1n) is 6.11. The number of phenolic OH excluding ortho intramolecular Hbond substituents is 1. The van der Waals surface area contributed by atoms with E-state index in [0.29, 0.717) is 18.9 Å². The number of aromatic hydroxyl groups is 1. The van der Waals surface area contributed by atoms with Crippen LogP contribution in [0.1, 0.15) is 39.2 Å². The van der Waals surface area contributed by atoms with Crippen LogP contribution < -0.4 is 10.5 Å². The van der Waals surface area contributed by atoms with Gasteiger partial charge in [-0.1, -0.05) is 20.8 Å². The summed E-state index contributed by atoms with van der Waals surface area (Å²) in [6.07, 6.45) is 1.94. The lowest BCUT2D eigenvalue weighted by Gasteiger charge is -2.21. The van der Waals surface area contributed by atoms with E-state index >= 15 is 0 Å². The number of phenols is 1. The summed E-state index contributed by atoms with van der Waals surface area (Å²) >= 11 is 0. The van der Waals surface area contributed by atoms with E-state index in [1.54, 1.807) is 12.1 Å². The van der Waals surface area contributed by atoms with Crippen LogP contribution in [0, 0.1) is 0 Å². The summed E-state index contributed by atoms with van der Waals surface area (Å²) in [7, 11) is 0. The van der Waals surface area contributed by atoms with Crippen molar-refractivity contribution in [2.24, 2.45) is 5.73 Å². The van der Waals surface area contributed by atoms with Gasteiger partial charge in [0.15, 0.2) is 0 Å². The summed E-state index contributed by atoms with van der Waals surface area (Å²) in [6, 6.07) is 5.41. The maximum atomic E-state index is 9.81. The van der Waals surface area contributed by atoms with Crippen molar-refractivity contribution < 1.29 is 9.84 Å². The monoisotopic (exact) mass is 237 g/mol. The van der Waals surface area contributed by atoms with Crippen molar-refractivity contribution in [2.45, 2.75) is 39.0 Å². The fourth-order valence-corrected chi connectivity index (χ4v) is 1.64. The molecule has 0 aromatic heterocycles. The minimum absolute atomic E-state index is 0.0826. The molecule has 0 bridgehead atoms. The van der Waals surface area contributed by atoms with Gasteiger partial charge in [-0.15, -0.1) is 0 Å². The standard InChI is InChI=1S/C14H23NO2/c1-14(2,3)12-10-11(6-7-13(12)16)17-9-5-4-8-15/h6-7,10,16H,4-5,8-9,15H2,1-3H3. The molecule has 3 N–H and O–H groups in total. The molecule has 0 amide bonds. The molecule has 0 fully saturated rings. The van der Waals surface area contributed by atoms with Crippen LogP contribution in [0.4, 0.5) is 0 Å². The van der Waals surface area contributed by atoms with Gasteiger partial charge in [0.2, 0.25) is 0 Å². The average molecular weight is 237 g/mol. The van der Waals surface area contributed by atoms with Crippen LogP contribution in [-0.2, 0) is 5.41 Å². The number of unbranched alkanes of at least 4 members (excludes halogenated alkanes) is 1. The molecule has 0 saturated carbocycles. The third-order valence-electron chi connectivity index (χ3n) is 2.64. The predicted octanol–water partition coefficient (Wildman–Crippen LogP) is 2.81. The molecule has 0 saturated heterocycles. The van der Waals surface area contributed by atoms with E-state index in [0.717, 1.165) is 24.2 Å². The smallest absolute Gasteiger partial charge is 0.119 e. The molecular weight excluding hydrogens is 214 g/mol. The zero-order chi connectivity index (χ0) is 12.9. The van der Waals surface area contributed by atoms with Gasteiger partial charge in [-0.2, -0.15) is 0 Å². The Bertz CT molecular complexity index is 356. The van der Waals surface area contributed by atoms with E-state index in [2.05, 4.69) is 20.8 Å². The van der Waals surface area contributed by atoms with E-state index < -0.39 is 0 Å². The molecular formula is C14H23NO2. The lowest BCUT2D eigenvalue weighted by atomic mass is 9.86. The molecule has 0 unspecified atom stereocenters. The number of hydrogen-bond donors (Lipinski definition) is 2. The topological polar surface area (TPSA) is 55.5 Å². The van der Waals surface area contributed by atoms with Gasteiger partial charge in [0.1, 0.15) is 11.5 Å². The molecule has 0 spiro atoms. The third kappa shape index (κ3) is 4.27. The number of nitrogens with two attached hydrogens (primary N) is 1. The Morgan fingerprint density at radius 2 is 1.94 bits per heavy atom. The quantitative estimate of drug-likeness (QED) is 0.774. The molecule has 0 radical (unpaired) electrons. The molecule has 17 heavy (non-hydrogen) atoms. The molecule has 3 heteroatoms. The van der Waals surface area contributed by atoms with Crippen molar-refractivity contribution in [3.05, 3.63) is 23.8 Å². The molecule has 0 atom stereocenters. The first-order valence-corrected chi connectivity index (χ1v) is 6.11. The van der Waals surface area contributed by atoms with Crippen molar-refractivity contribution in [3.8, 4) is 11.5 Å². The van der Waals surface area contributed by atoms with Gasteiger partial charge in [-0.3, -0.25) is 0 Å². The maximum absolute atomic E-state index is 9.81. The van der Waals surface area contributed by atoms with Crippen molar-refractivity contribution in [1.29, 1.82) is 0 Å². The van der Waals surface area contributed by atoms with E-state index in [9.17, 15) is 5.11 Å².